The number of para-hydroxylation sites is 4. The lowest BCUT2D eigenvalue weighted by atomic mass is 9.83. The summed E-state index contributed by atoms with van der Waals surface area (Å²) >= 11 is 14.4. The van der Waals surface area contributed by atoms with Gasteiger partial charge in [0.2, 0.25) is 5.43 Å². The van der Waals surface area contributed by atoms with E-state index in [-0.39, 0.29) is 71.2 Å². The number of ether oxygens (including phenoxy) is 5. The molecule has 6 amide bonds. The van der Waals surface area contributed by atoms with Gasteiger partial charge in [-0.05, 0) is 285 Å². The molecular weight excluding hydrogens is 1820 g/mol. The van der Waals surface area contributed by atoms with Gasteiger partial charge in [0.15, 0.2) is 10.6 Å². The van der Waals surface area contributed by atoms with Gasteiger partial charge in [-0.3, -0.25) is 33.6 Å². The van der Waals surface area contributed by atoms with Crippen LogP contribution in [0.5, 0.6) is 34.5 Å². The largest absolute Gasteiger partial charge is 0.472 e. The Hall–Kier alpha value is -12.3. The zero-order chi connectivity index (χ0) is 98.2. The van der Waals surface area contributed by atoms with Crippen molar-refractivity contribution in [2.75, 3.05) is 65.6 Å². The maximum atomic E-state index is 13.0. The maximum Gasteiger partial charge on any atom is 0.410 e. The average Bonchev–Trinajstić information content (AvgIpc) is 1.74. The van der Waals surface area contributed by atoms with Gasteiger partial charge in [-0.1, -0.05) is 118 Å². The molecule has 8 atom stereocenters. The van der Waals surface area contributed by atoms with Gasteiger partial charge in [0.25, 0.3) is 23.6 Å². The van der Waals surface area contributed by atoms with Crippen LogP contribution in [0.3, 0.4) is 0 Å². The standard InChI is InChI=1S/C28H32N2O4.2C25H28N2O2.C18H17NO3.C10H15NO3.C5H4O2.CHCl3/c1-4-29(5-2)27(31)18-11-14-23-25(17-18)34-24-10-8-7-9-22(24)26(23)19-15-20-12-13-21(16-19)30(20)28(32)33-6-3;2*1-3-27(4-2)25(28)16-9-12-21-23(15-16)29-22-8-6-5-7-20(22)24(21)17-13-18-10-11-19(14-17)26-18;1-3-19(4-2)18(21)12-9-10-14-16(11-12)22-15-8-6-5-7-13(15)17(14)20;1-2-14-10(13)11-7-3-4-8(11)6-9(12)5-7;6-3-5-1-2-7-4-5;2-1(3)4/h7-11,14,17,20-21H,4-6,12-13,15-16H2,1-3H3;2*5-9,12,15,18-19,26H,3-4,10-11,13-14H2,1-2H3;5-11H,3-4H2,1-2H3;7-8H,2-6H2,1H3;1-4H;1H. The van der Waals surface area contributed by atoms with Crippen LogP contribution in [-0.4, -0.2) is 195 Å². The highest BCUT2D eigenvalue weighted by molar-refractivity contribution is 6.63. The summed E-state index contributed by atoms with van der Waals surface area (Å²) in [5.74, 6) is 5.30. The SMILES string of the molecule is CCN(CC)C(=O)c1ccc2c(=O)c3ccccc3oc2c1.CCN(CC)C(=O)c1ccc2c(c1)Oc1ccccc1C2=C1CC2CCC(C1)N2.CCN(CC)C(=O)c1ccc2c(c1)Oc1ccccc1C2=C1CC2CCC(C1)N2.CCOC(=O)N1C2CCC1CC(=C1c3ccccc3Oc3cc(C(=O)N(CC)CC)ccc31)C2.CCOC(=O)N1C2CCC1CC(=O)C2.ClC(Cl)Cl.O=Cc1ccoc1. The van der Waals surface area contributed by atoms with Crippen molar-refractivity contribution in [3.05, 3.63) is 277 Å². The minimum absolute atomic E-state index is 0.0188. The molecule has 11 aliphatic heterocycles. The van der Waals surface area contributed by atoms with Crippen LogP contribution in [0.2, 0.25) is 0 Å². The quantitative estimate of drug-likeness (QED) is 0.0548. The van der Waals surface area contributed by atoms with Gasteiger partial charge < -0.3 is 72.6 Å². The highest BCUT2D eigenvalue weighted by Gasteiger charge is 2.46. The van der Waals surface area contributed by atoms with Crippen LogP contribution in [0.15, 0.2) is 219 Å². The van der Waals surface area contributed by atoms with E-state index in [1.54, 1.807) is 53.1 Å². The Balaban J connectivity index is 0.000000130. The van der Waals surface area contributed by atoms with E-state index < -0.39 is 4.30 Å². The van der Waals surface area contributed by atoms with Crippen molar-refractivity contribution in [3.8, 4) is 34.5 Å². The molecule has 21 rings (SSSR count). The number of ketones is 1. The van der Waals surface area contributed by atoms with Gasteiger partial charge in [-0.2, -0.15) is 0 Å². The predicted octanol–water partition coefficient (Wildman–Crippen LogP) is 23.7. The third-order valence-electron chi connectivity index (χ3n) is 28.1. The summed E-state index contributed by atoms with van der Waals surface area (Å²) < 4.78 is 38.8. The fourth-order valence-corrected chi connectivity index (χ4v) is 21.5. The summed E-state index contributed by atoms with van der Waals surface area (Å²) in [5.41, 5.74) is 19.0. The zero-order valence-electron chi connectivity index (χ0n) is 80.9. The number of nitrogens with one attached hydrogen (secondary N) is 2. The van der Waals surface area contributed by atoms with E-state index in [4.69, 9.17) is 62.9 Å². The van der Waals surface area contributed by atoms with Crippen LogP contribution in [0.1, 0.15) is 257 Å². The number of aldehydes is 1. The van der Waals surface area contributed by atoms with Crippen LogP contribution >= 0.6 is 34.8 Å². The molecule has 27 heteroatoms. The van der Waals surface area contributed by atoms with E-state index in [0.717, 1.165) is 127 Å². The molecule has 0 spiro atoms. The Morgan fingerprint density at radius 1 is 0.381 bits per heavy atom. The molecule has 8 aromatic carbocycles. The molecule has 8 saturated heterocycles. The average molecular weight is 1950 g/mol. The number of nitrogens with zero attached hydrogens (tertiary/aromatic N) is 6. The fourth-order valence-electron chi connectivity index (χ4n) is 21.5. The number of amides is 6. The number of rotatable bonds is 15. The second-order valence-electron chi connectivity index (χ2n) is 36.3. The minimum Gasteiger partial charge on any atom is -0.472 e. The van der Waals surface area contributed by atoms with Crippen molar-refractivity contribution in [2.24, 2.45) is 0 Å². The molecule has 0 radical (unpaired) electrons. The van der Waals surface area contributed by atoms with Gasteiger partial charge >= 0.3 is 12.2 Å². The summed E-state index contributed by atoms with van der Waals surface area (Å²) in [6.07, 6.45) is 19.2. The molecule has 0 saturated carbocycles. The number of hydrogen-bond acceptors (Lipinski definition) is 18. The van der Waals surface area contributed by atoms with E-state index in [0.29, 0.717) is 152 Å². The number of hydrogen-bond donors (Lipinski definition) is 2. The lowest BCUT2D eigenvalue weighted by Crippen LogP contribution is -2.46. The molecule has 24 nitrogen and oxygen atoms in total. The number of furan rings is 1. The van der Waals surface area contributed by atoms with Crippen molar-refractivity contribution in [1.29, 1.82) is 0 Å². The molecule has 8 bridgehead atoms. The van der Waals surface area contributed by atoms with Gasteiger partial charge in [0.05, 0.1) is 35.8 Å². The molecule has 8 unspecified atom stereocenters. The van der Waals surface area contributed by atoms with Crippen LogP contribution in [0.25, 0.3) is 38.7 Å². The predicted molar refractivity (Wildman–Crippen MR) is 545 cm³/mol. The second kappa shape index (κ2) is 46.6. The Morgan fingerprint density at radius 3 is 1.04 bits per heavy atom. The number of carbonyl (C=O) groups is 8. The number of benzene rings is 8. The summed E-state index contributed by atoms with van der Waals surface area (Å²) in [5, 5.41) is 8.53. The van der Waals surface area contributed by atoms with Gasteiger partial charge in [-0.25, -0.2) is 9.59 Å². The van der Waals surface area contributed by atoms with E-state index in [1.807, 2.05) is 179 Å². The summed E-state index contributed by atoms with van der Waals surface area (Å²) in [7, 11) is 0. The first-order valence-corrected chi connectivity index (χ1v) is 50.6. The molecular formula is C112H125Cl3N8O16. The van der Waals surface area contributed by atoms with Crippen LogP contribution < -0.4 is 30.3 Å². The van der Waals surface area contributed by atoms with Crippen LogP contribution in [0.4, 0.5) is 9.59 Å². The Morgan fingerprint density at radius 2 is 0.698 bits per heavy atom. The van der Waals surface area contributed by atoms with Crippen molar-refractivity contribution in [3.63, 3.8) is 0 Å². The molecule has 730 valence electrons. The molecule has 8 fully saturated rings. The van der Waals surface area contributed by atoms with Gasteiger partial charge in [0.1, 0.15) is 57.7 Å². The number of alkyl halides is 3. The van der Waals surface area contributed by atoms with Gasteiger partial charge in [0, 0.05) is 169 Å². The smallest absolute Gasteiger partial charge is 0.410 e. The van der Waals surface area contributed by atoms with Crippen LogP contribution in [-0.2, 0) is 14.3 Å². The second-order valence-corrected chi connectivity index (χ2v) is 38.2. The normalized spacial score (nSPS) is 19.7. The third kappa shape index (κ3) is 22.8. The van der Waals surface area contributed by atoms with Crippen LogP contribution in [0, 0.1) is 0 Å². The number of carbonyl (C=O) groups excluding carboxylic acids is 8. The van der Waals surface area contributed by atoms with E-state index in [9.17, 15) is 43.2 Å². The number of Topliss-reactive ketones (excluding diaryl/α,β-unsaturated/α-hetero) is 1. The zero-order valence-corrected chi connectivity index (χ0v) is 83.2. The fraction of sp³-hybridized carbons (Fsp3) is 0.402. The molecule has 13 heterocycles. The van der Waals surface area contributed by atoms with E-state index in [2.05, 4.69) is 57.5 Å². The lowest BCUT2D eigenvalue weighted by Gasteiger charge is -2.37. The summed E-state index contributed by atoms with van der Waals surface area (Å²) in [4.78, 5) is 120. The number of piperidine rings is 4. The first-order chi connectivity index (χ1) is 67.4. The Bertz CT molecular complexity index is 6110. The molecule has 139 heavy (non-hydrogen) atoms. The molecule has 10 aromatic rings. The van der Waals surface area contributed by atoms with Gasteiger partial charge in [-0.15, -0.1) is 0 Å². The Labute approximate surface area is 828 Å². The molecule has 11 aliphatic rings. The number of fused-ring (bicyclic) bond motifs is 16. The summed E-state index contributed by atoms with van der Waals surface area (Å²) in [6, 6.07) is 59.2. The highest BCUT2D eigenvalue weighted by atomic mass is 35.6. The van der Waals surface area contributed by atoms with Crippen molar-refractivity contribution in [1.82, 2.24) is 40.0 Å². The summed E-state index contributed by atoms with van der Waals surface area (Å²) in [6.45, 7) is 25.9. The maximum absolute atomic E-state index is 13.0. The molecule has 2 N–H and O–H groups in total. The van der Waals surface area contributed by atoms with E-state index in [1.165, 1.54) is 82.8 Å². The lowest BCUT2D eigenvalue weighted by molar-refractivity contribution is -0.123. The minimum atomic E-state index is -0.750. The van der Waals surface area contributed by atoms with Crippen molar-refractivity contribution < 1.29 is 70.9 Å². The number of halogens is 3. The van der Waals surface area contributed by atoms with Crippen molar-refractivity contribution >= 4 is 121 Å². The van der Waals surface area contributed by atoms with Crippen molar-refractivity contribution in [2.45, 2.75) is 225 Å². The van der Waals surface area contributed by atoms with E-state index >= 15 is 0 Å². The molecule has 2 aromatic heterocycles. The Kier molecular flexibility index (Phi) is 33.9. The highest BCUT2D eigenvalue weighted by Crippen LogP contribution is 2.53. The monoisotopic (exact) mass is 1940 g/mol. The molecule has 0 aliphatic carbocycles. The topological polar surface area (TPSA) is 270 Å². The first-order valence-electron chi connectivity index (χ1n) is 49.3. The first kappa shape index (κ1) is 101. The third-order valence-corrected chi connectivity index (χ3v) is 28.1.